The van der Waals surface area contributed by atoms with Crippen molar-refractivity contribution in [3.05, 3.63) is 24.2 Å². The summed E-state index contributed by atoms with van der Waals surface area (Å²) in [5, 5.41) is 0. The quantitative estimate of drug-likeness (QED) is 0.811. The van der Waals surface area contributed by atoms with Crippen LogP contribution in [0.1, 0.15) is 37.9 Å². The van der Waals surface area contributed by atoms with E-state index in [4.69, 9.17) is 9.15 Å². The molecule has 120 valence electrons. The number of rotatable bonds is 6. The van der Waals surface area contributed by atoms with E-state index in [9.17, 15) is 4.79 Å². The van der Waals surface area contributed by atoms with Crippen molar-refractivity contribution in [1.82, 2.24) is 4.90 Å². The van der Waals surface area contributed by atoms with E-state index in [0.717, 1.165) is 38.0 Å². The van der Waals surface area contributed by atoms with Crippen LogP contribution in [0.2, 0.25) is 0 Å². The Kier molecular flexibility index (Phi) is 3.73. The van der Waals surface area contributed by atoms with Gasteiger partial charge in [-0.15, -0.1) is 0 Å². The third-order valence-electron chi connectivity index (χ3n) is 5.74. The molecule has 0 bridgehead atoms. The number of amides is 1. The minimum absolute atomic E-state index is 0.200. The number of likely N-dealkylation sites (tertiary alicyclic amines) is 1. The molecule has 4 nitrogen and oxygen atoms in total. The Bertz CT molecular complexity index is 522. The van der Waals surface area contributed by atoms with E-state index in [-0.39, 0.29) is 11.3 Å². The van der Waals surface area contributed by atoms with Crippen LogP contribution in [0.4, 0.5) is 0 Å². The maximum atomic E-state index is 12.5. The molecule has 3 aliphatic rings. The van der Waals surface area contributed by atoms with Crippen molar-refractivity contribution < 1.29 is 13.9 Å². The average Bonchev–Trinajstić information content (AvgIpc) is 2.89. The summed E-state index contributed by atoms with van der Waals surface area (Å²) in [6.07, 6.45) is 8.45. The summed E-state index contributed by atoms with van der Waals surface area (Å²) in [5.74, 6) is 2.41. The highest BCUT2D eigenvalue weighted by Gasteiger charge is 2.50. The zero-order chi connectivity index (χ0) is 15.0. The number of carbonyl (C=O) groups is 1. The lowest BCUT2D eigenvalue weighted by Gasteiger charge is -2.28. The van der Waals surface area contributed by atoms with E-state index in [0.29, 0.717) is 12.3 Å². The van der Waals surface area contributed by atoms with E-state index in [1.54, 1.807) is 6.26 Å². The second kappa shape index (κ2) is 5.73. The van der Waals surface area contributed by atoms with Crippen molar-refractivity contribution >= 4 is 5.91 Å². The van der Waals surface area contributed by atoms with Gasteiger partial charge >= 0.3 is 0 Å². The maximum Gasteiger partial charge on any atom is 0.230 e. The van der Waals surface area contributed by atoms with Crippen LogP contribution in [0.15, 0.2) is 22.8 Å². The number of hydrogen-bond acceptors (Lipinski definition) is 3. The van der Waals surface area contributed by atoms with Crippen molar-refractivity contribution in [1.29, 1.82) is 0 Å². The molecule has 1 aliphatic heterocycles. The minimum atomic E-state index is 0.200. The van der Waals surface area contributed by atoms with E-state index in [2.05, 4.69) is 0 Å². The highest BCUT2D eigenvalue weighted by atomic mass is 16.5. The molecule has 0 spiro atoms. The lowest BCUT2D eigenvalue weighted by Crippen LogP contribution is -2.35. The molecule has 4 rings (SSSR count). The molecule has 1 aromatic rings. The first-order valence-electron chi connectivity index (χ1n) is 8.63. The molecule has 1 aromatic heterocycles. The molecule has 0 N–H and O–H groups in total. The highest BCUT2D eigenvalue weighted by molar-refractivity contribution is 5.78. The van der Waals surface area contributed by atoms with Crippen molar-refractivity contribution in [2.24, 2.45) is 17.3 Å². The number of ether oxygens (including phenoxy) is 1. The molecule has 0 radical (unpaired) electrons. The summed E-state index contributed by atoms with van der Waals surface area (Å²) < 4.78 is 11.3. The summed E-state index contributed by atoms with van der Waals surface area (Å²) in [4.78, 5) is 14.6. The van der Waals surface area contributed by atoms with Crippen LogP contribution in [0.3, 0.4) is 0 Å². The van der Waals surface area contributed by atoms with Gasteiger partial charge in [0.25, 0.3) is 0 Å². The summed E-state index contributed by atoms with van der Waals surface area (Å²) in [6.45, 7) is 3.56. The Morgan fingerprint density at radius 2 is 2.32 bits per heavy atom. The summed E-state index contributed by atoms with van der Waals surface area (Å²) >= 11 is 0. The van der Waals surface area contributed by atoms with Crippen LogP contribution in [0.25, 0.3) is 0 Å². The van der Waals surface area contributed by atoms with Crippen LogP contribution < -0.4 is 0 Å². The molecule has 1 saturated heterocycles. The fourth-order valence-electron chi connectivity index (χ4n) is 4.23. The van der Waals surface area contributed by atoms with Crippen molar-refractivity contribution in [2.45, 2.75) is 38.5 Å². The zero-order valence-electron chi connectivity index (χ0n) is 13.1. The van der Waals surface area contributed by atoms with Gasteiger partial charge in [-0.3, -0.25) is 4.79 Å². The van der Waals surface area contributed by atoms with Crippen molar-refractivity contribution in [3.8, 4) is 0 Å². The second-order valence-corrected chi connectivity index (χ2v) is 7.44. The molecule has 0 unspecified atom stereocenters. The Balaban J connectivity index is 1.36. The Morgan fingerprint density at radius 1 is 1.41 bits per heavy atom. The average molecular weight is 303 g/mol. The predicted molar refractivity (Wildman–Crippen MR) is 82.3 cm³/mol. The van der Waals surface area contributed by atoms with Gasteiger partial charge in [0.15, 0.2) is 0 Å². The van der Waals surface area contributed by atoms with Gasteiger partial charge in [0.1, 0.15) is 5.76 Å². The number of carbonyl (C=O) groups excluding carboxylic acids is 1. The molecule has 3 fully saturated rings. The fourth-order valence-corrected chi connectivity index (χ4v) is 4.23. The molecular formula is C18H25NO3. The first-order valence-corrected chi connectivity index (χ1v) is 8.63. The van der Waals surface area contributed by atoms with Gasteiger partial charge in [-0.1, -0.05) is 6.42 Å². The molecule has 2 saturated carbocycles. The SMILES string of the molecule is O=C(Cc1ccco1)N1C[C@@H]2CCC[C@]2(COCC2CC2)C1. The number of hydrogen-bond donors (Lipinski definition) is 0. The molecule has 0 aromatic carbocycles. The predicted octanol–water partition coefficient (Wildman–Crippen LogP) is 2.88. The third-order valence-corrected chi connectivity index (χ3v) is 5.74. The Morgan fingerprint density at radius 3 is 3.09 bits per heavy atom. The second-order valence-electron chi connectivity index (χ2n) is 7.44. The molecule has 2 atom stereocenters. The van der Waals surface area contributed by atoms with E-state index in [1.165, 1.54) is 32.1 Å². The van der Waals surface area contributed by atoms with Gasteiger partial charge in [0.05, 0.1) is 19.3 Å². The van der Waals surface area contributed by atoms with Crippen molar-refractivity contribution in [3.63, 3.8) is 0 Å². The lowest BCUT2D eigenvalue weighted by molar-refractivity contribution is -0.130. The largest absolute Gasteiger partial charge is 0.469 e. The number of fused-ring (bicyclic) bond motifs is 1. The smallest absolute Gasteiger partial charge is 0.230 e. The number of nitrogens with zero attached hydrogens (tertiary/aromatic N) is 1. The van der Waals surface area contributed by atoms with Crippen LogP contribution in [0.5, 0.6) is 0 Å². The summed E-state index contributed by atoms with van der Waals surface area (Å²) in [6, 6.07) is 3.72. The van der Waals surface area contributed by atoms with E-state index >= 15 is 0 Å². The molecule has 2 heterocycles. The molecule has 22 heavy (non-hydrogen) atoms. The Hall–Kier alpha value is -1.29. The van der Waals surface area contributed by atoms with Gasteiger partial charge < -0.3 is 14.1 Å². The fraction of sp³-hybridized carbons (Fsp3) is 0.722. The summed E-state index contributed by atoms with van der Waals surface area (Å²) in [7, 11) is 0. The lowest BCUT2D eigenvalue weighted by atomic mass is 9.81. The number of furan rings is 1. The van der Waals surface area contributed by atoms with Gasteiger partial charge in [-0.2, -0.15) is 0 Å². The minimum Gasteiger partial charge on any atom is -0.469 e. The van der Waals surface area contributed by atoms with Gasteiger partial charge in [0, 0.05) is 25.1 Å². The van der Waals surface area contributed by atoms with E-state index in [1.807, 2.05) is 17.0 Å². The topological polar surface area (TPSA) is 42.7 Å². The van der Waals surface area contributed by atoms with Gasteiger partial charge in [-0.25, -0.2) is 0 Å². The molecule has 2 aliphatic carbocycles. The Labute approximate surface area is 131 Å². The van der Waals surface area contributed by atoms with Crippen LogP contribution >= 0.6 is 0 Å². The van der Waals surface area contributed by atoms with Crippen LogP contribution in [-0.4, -0.2) is 37.1 Å². The zero-order valence-corrected chi connectivity index (χ0v) is 13.1. The van der Waals surface area contributed by atoms with Crippen molar-refractivity contribution in [2.75, 3.05) is 26.3 Å². The van der Waals surface area contributed by atoms with E-state index < -0.39 is 0 Å². The van der Waals surface area contributed by atoms with Gasteiger partial charge in [-0.05, 0) is 49.7 Å². The van der Waals surface area contributed by atoms with Gasteiger partial charge in [0.2, 0.25) is 5.91 Å². The van der Waals surface area contributed by atoms with Crippen LogP contribution in [0, 0.1) is 17.3 Å². The molecule has 1 amide bonds. The highest BCUT2D eigenvalue weighted by Crippen LogP contribution is 2.49. The molecular weight excluding hydrogens is 278 g/mol. The standard InChI is InChI=1S/C18H25NO3/c20-17(9-16-4-2-8-22-16)19-10-15-3-1-7-18(15,12-19)13-21-11-14-5-6-14/h2,4,8,14-15H,1,3,5-7,9-13H2/t15-,18+/m0/s1. The monoisotopic (exact) mass is 303 g/mol. The first kappa shape index (κ1) is 14.3. The maximum absolute atomic E-state index is 12.5. The van der Waals surface area contributed by atoms with Crippen LogP contribution in [-0.2, 0) is 16.0 Å². The first-order chi connectivity index (χ1) is 10.8. The molecule has 4 heteroatoms. The normalized spacial score (nSPS) is 30.7. The third kappa shape index (κ3) is 2.81. The summed E-state index contributed by atoms with van der Waals surface area (Å²) in [5.41, 5.74) is 0.230.